The molecule has 31 heavy (non-hydrogen) atoms. The molecule has 1 aromatic carbocycles. The molecule has 2 heterocycles. The number of ether oxygens (including phenoxy) is 1. The Bertz CT molecular complexity index is 1090. The number of alkyl halides is 3. The predicted octanol–water partition coefficient (Wildman–Crippen LogP) is 4.87. The third-order valence-electron chi connectivity index (χ3n) is 4.86. The number of nitrogens with zero attached hydrogens (tertiary/aromatic N) is 4. The van der Waals surface area contributed by atoms with Crippen LogP contribution in [0.25, 0.3) is 0 Å². The van der Waals surface area contributed by atoms with Crippen LogP contribution in [0.2, 0.25) is 5.02 Å². The van der Waals surface area contributed by atoms with Crippen LogP contribution in [-0.4, -0.2) is 25.5 Å². The van der Waals surface area contributed by atoms with Crippen molar-refractivity contribution in [3.63, 3.8) is 0 Å². The maximum atomic E-state index is 13.1. The summed E-state index contributed by atoms with van der Waals surface area (Å²) in [7, 11) is 0. The molecule has 1 atom stereocenters. The van der Waals surface area contributed by atoms with Crippen LogP contribution in [0.1, 0.15) is 43.1 Å². The number of nitrogens with one attached hydrogen (secondary N) is 1. The van der Waals surface area contributed by atoms with Crippen molar-refractivity contribution < 1.29 is 22.7 Å². The highest BCUT2D eigenvalue weighted by molar-refractivity contribution is 6.30. The summed E-state index contributed by atoms with van der Waals surface area (Å²) in [5, 5.41) is 11.0. The van der Waals surface area contributed by atoms with E-state index in [9.17, 15) is 18.0 Å². The zero-order valence-electron chi connectivity index (χ0n) is 16.4. The Hall–Kier alpha value is -3.01. The zero-order valence-corrected chi connectivity index (χ0v) is 17.2. The summed E-state index contributed by atoms with van der Waals surface area (Å²) < 4.78 is 47.5. The molecule has 1 aliphatic rings. The normalized spacial score (nSPS) is 15.0. The summed E-state index contributed by atoms with van der Waals surface area (Å²) in [6, 6.07) is 7.00. The van der Waals surface area contributed by atoms with Gasteiger partial charge in [0.25, 0.3) is 0 Å². The maximum Gasteiger partial charge on any atom is 0.435 e. The van der Waals surface area contributed by atoms with Gasteiger partial charge in [-0.05, 0) is 44.0 Å². The number of rotatable bonds is 7. The van der Waals surface area contributed by atoms with E-state index in [4.69, 9.17) is 16.3 Å². The first-order valence-electron chi connectivity index (χ1n) is 9.59. The molecule has 1 amide bonds. The minimum atomic E-state index is -4.56. The summed E-state index contributed by atoms with van der Waals surface area (Å²) in [6.45, 7) is 1.60. The van der Waals surface area contributed by atoms with Gasteiger partial charge in [0, 0.05) is 16.6 Å². The Kier molecular flexibility index (Phi) is 5.65. The van der Waals surface area contributed by atoms with Crippen molar-refractivity contribution in [2.24, 2.45) is 0 Å². The van der Waals surface area contributed by atoms with E-state index in [-0.39, 0.29) is 12.6 Å². The second-order valence-corrected chi connectivity index (χ2v) is 7.77. The van der Waals surface area contributed by atoms with E-state index < -0.39 is 23.8 Å². The van der Waals surface area contributed by atoms with Crippen LogP contribution < -0.4 is 10.1 Å². The molecule has 11 heteroatoms. The van der Waals surface area contributed by atoms with E-state index in [0.717, 1.165) is 18.9 Å². The van der Waals surface area contributed by atoms with E-state index >= 15 is 0 Å². The Balaban J connectivity index is 1.41. The summed E-state index contributed by atoms with van der Waals surface area (Å²) in [5.41, 5.74) is -0.164. The van der Waals surface area contributed by atoms with E-state index in [2.05, 4.69) is 15.5 Å². The highest BCUT2D eigenvalue weighted by Crippen LogP contribution is 2.43. The molecular weight excluding hydrogens is 435 g/mol. The SMILES string of the molecule is CC(C(=O)Nc1cnn(COc2cccc(Cl)c2)c1)n1nc(C(F)(F)F)cc1C1CC1. The van der Waals surface area contributed by atoms with Gasteiger partial charge >= 0.3 is 6.18 Å². The summed E-state index contributed by atoms with van der Waals surface area (Å²) in [6.07, 6.45) is 0.00183. The van der Waals surface area contributed by atoms with Gasteiger partial charge in [-0.3, -0.25) is 9.48 Å². The van der Waals surface area contributed by atoms with Crippen molar-refractivity contribution >= 4 is 23.2 Å². The standard InChI is InChI=1S/C20H19ClF3N5O2/c1-12(29-17(13-5-6-13)8-18(27-29)20(22,23)24)19(30)26-15-9-25-28(10-15)11-31-16-4-2-3-14(21)7-16/h2-4,7-10,12-13H,5-6,11H2,1H3,(H,26,30). The number of amides is 1. The van der Waals surface area contributed by atoms with Gasteiger partial charge in [0.1, 0.15) is 11.8 Å². The third kappa shape index (κ3) is 5.01. The van der Waals surface area contributed by atoms with Crippen molar-refractivity contribution in [2.45, 2.75) is 44.6 Å². The number of benzene rings is 1. The molecule has 1 aliphatic carbocycles. The lowest BCUT2D eigenvalue weighted by Gasteiger charge is -2.15. The number of aromatic nitrogens is 4. The largest absolute Gasteiger partial charge is 0.471 e. The fourth-order valence-corrected chi connectivity index (χ4v) is 3.28. The Morgan fingerprint density at radius 3 is 2.81 bits per heavy atom. The van der Waals surface area contributed by atoms with Gasteiger partial charge in [0.2, 0.25) is 5.91 Å². The average Bonchev–Trinajstić information content (AvgIpc) is 3.28. The number of carbonyl (C=O) groups is 1. The average molecular weight is 454 g/mol. The van der Waals surface area contributed by atoms with Gasteiger partial charge in [-0.25, -0.2) is 4.68 Å². The second-order valence-electron chi connectivity index (χ2n) is 7.34. The number of halogens is 4. The maximum absolute atomic E-state index is 13.1. The number of hydrogen-bond donors (Lipinski definition) is 1. The fourth-order valence-electron chi connectivity index (χ4n) is 3.10. The molecule has 1 fully saturated rings. The van der Waals surface area contributed by atoms with Crippen molar-refractivity contribution in [3.8, 4) is 5.75 Å². The molecule has 4 rings (SSSR count). The first-order chi connectivity index (χ1) is 14.7. The Morgan fingerprint density at radius 1 is 1.35 bits per heavy atom. The van der Waals surface area contributed by atoms with Gasteiger partial charge in [-0.2, -0.15) is 23.4 Å². The number of hydrogen-bond acceptors (Lipinski definition) is 4. The lowest BCUT2D eigenvalue weighted by molar-refractivity contribution is -0.141. The van der Waals surface area contributed by atoms with Crippen LogP contribution in [0.3, 0.4) is 0 Å². The van der Waals surface area contributed by atoms with Crippen molar-refractivity contribution in [1.29, 1.82) is 0 Å². The quantitative estimate of drug-likeness (QED) is 0.554. The summed E-state index contributed by atoms with van der Waals surface area (Å²) >= 11 is 5.91. The van der Waals surface area contributed by atoms with Gasteiger partial charge in [0.15, 0.2) is 12.4 Å². The van der Waals surface area contributed by atoms with Gasteiger partial charge in [-0.1, -0.05) is 17.7 Å². The molecule has 164 valence electrons. The molecule has 0 radical (unpaired) electrons. The van der Waals surface area contributed by atoms with Crippen molar-refractivity contribution in [1.82, 2.24) is 19.6 Å². The van der Waals surface area contributed by atoms with Crippen LogP contribution in [-0.2, 0) is 17.7 Å². The highest BCUT2D eigenvalue weighted by Gasteiger charge is 2.39. The molecule has 1 saturated carbocycles. The Morgan fingerprint density at radius 2 is 2.13 bits per heavy atom. The fraction of sp³-hybridized carbons (Fsp3) is 0.350. The van der Waals surface area contributed by atoms with E-state index in [0.29, 0.717) is 22.2 Å². The molecule has 1 unspecified atom stereocenters. The lowest BCUT2D eigenvalue weighted by Crippen LogP contribution is -2.26. The molecule has 0 aliphatic heterocycles. The van der Waals surface area contributed by atoms with E-state index in [1.165, 1.54) is 22.5 Å². The highest BCUT2D eigenvalue weighted by atomic mass is 35.5. The van der Waals surface area contributed by atoms with Crippen LogP contribution in [0, 0.1) is 0 Å². The van der Waals surface area contributed by atoms with Crippen molar-refractivity contribution in [3.05, 3.63) is 59.1 Å². The van der Waals surface area contributed by atoms with Crippen LogP contribution in [0.4, 0.5) is 18.9 Å². The predicted molar refractivity (Wildman–Crippen MR) is 107 cm³/mol. The molecule has 7 nitrogen and oxygen atoms in total. The van der Waals surface area contributed by atoms with Crippen LogP contribution >= 0.6 is 11.6 Å². The molecule has 0 saturated heterocycles. The molecule has 0 bridgehead atoms. The molecular formula is C20H19ClF3N5O2. The lowest BCUT2D eigenvalue weighted by atomic mass is 10.2. The summed E-state index contributed by atoms with van der Waals surface area (Å²) in [4.78, 5) is 12.7. The first-order valence-corrected chi connectivity index (χ1v) is 9.97. The van der Waals surface area contributed by atoms with Gasteiger partial charge in [-0.15, -0.1) is 0 Å². The monoisotopic (exact) mass is 453 g/mol. The minimum absolute atomic E-state index is 0.00485. The summed E-state index contributed by atoms with van der Waals surface area (Å²) in [5.74, 6) is 0.0771. The molecule has 2 aromatic heterocycles. The molecule has 3 aromatic rings. The molecule has 1 N–H and O–H groups in total. The zero-order chi connectivity index (χ0) is 22.2. The van der Waals surface area contributed by atoms with E-state index in [1.54, 1.807) is 30.5 Å². The van der Waals surface area contributed by atoms with Crippen LogP contribution in [0.5, 0.6) is 5.75 Å². The molecule has 0 spiro atoms. The number of anilines is 1. The number of carbonyl (C=O) groups excluding carboxylic acids is 1. The van der Waals surface area contributed by atoms with E-state index in [1.807, 2.05) is 0 Å². The Labute approximate surface area is 180 Å². The van der Waals surface area contributed by atoms with Gasteiger partial charge < -0.3 is 10.1 Å². The second kappa shape index (κ2) is 8.26. The smallest absolute Gasteiger partial charge is 0.435 e. The van der Waals surface area contributed by atoms with Gasteiger partial charge in [0.05, 0.1) is 18.1 Å². The minimum Gasteiger partial charge on any atom is -0.471 e. The third-order valence-corrected chi connectivity index (χ3v) is 5.09. The first kappa shape index (κ1) is 21.2. The topological polar surface area (TPSA) is 74.0 Å². The van der Waals surface area contributed by atoms with Crippen LogP contribution in [0.15, 0.2) is 42.7 Å². The van der Waals surface area contributed by atoms with Crippen molar-refractivity contribution in [2.75, 3.05) is 5.32 Å².